The van der Waals surface area contributed by atoms with Crippen LogP contribution in [-0.4, -0.2) is 16.4 Å². The molecule has 1 aliphatic rings. The summed E-state index contributed by atoms with van der Waals surface area (Å²) in [4.78, 5) is 12.2. The van der Waals surface area contributed by atoms with E-state index in [9.17, 15) is 23.1 Å². The Labute approximate surface area is 118 Å². The van der Waals surface area contributed by atoms with Gasteiger partial charge in [0.05, 0.1) is 0 Å². The molecule has 1 fully saturated rings. The minimum atomic E-state index is -4.54. The smallest absolute Gasteiger partial charge is 0.479 e. The summed E-state index contributed by atoms with van der Waals surface area (Å²) in [5, 5.41) is 9.49. The number of carbonyl (C=O) groups is 1. The molecule has 0 atom stereocenters. The van der Waals surface area contributed by atoms with Crippen LogP contribution in [0.4, 0.5) is 13.2 Å². The first-order chi connectivity index (χ1) is 9.35. The van der Waals surface area contributed by atoms with Crippen molar-refractivity contribution in [1.29, 1.82) is 0 Å². The van der Waals surface area contributed by atoms with Gasteiger partial charge in [0.25, 0.3) is 0 Å². The number of Topliss-reactive ketones (excluding diaryl/α,β-unsaturated/α-hetero) is 1. The summed E-state index contributed by atoms with van der Waals surface area (Å²) in [6.45, 7) is 0. The fraction of sp³-hybridized carbons (Fsp3) is 0.462. The molecule has 2 rings (SSSR count). The Kier molecular flexibility index (Phi) is 4.47. The standard InChI is InChI=1S/C13H13F3O3S/c14-13(15,16)20-19-11-6-9(5-10(17)7-11)12(18)8-3-1-2-4-8/h5-8,17H,1-4H2. The number of phenolic OH excluding ortho intramolecular Hbond substituents is 1. The lowest BCUT2D eigenvalue weighted by Gasteiger charge is -2.11. The van der Waals surface area contributed by atoms with Crippen molar-refractivity contribution in [2.45, 2.75) is 31.2 Å². The zero-order valence-corrected chi connectivity index (χ0v) is 11.3. The van der Waals surface area contributed by atoms with E-state index in [-0.39, 0.29) is 28.8 Å². The van der Waals surface area contributed by atoms with Gasteiger partial charge < -0.3 is 9.29 Å². The molecule has 0 aromatic heterocycles. The average Bonchev–Trinajstić information content (AvgIpc) is 2.88. The highest BCUT2D eigenvalue weighted by atomic mass is 32.2. The molecule has 110 valence electrons. The number of hydrogen-bond acceptors (Lipinski definition) is 4. The van der Waals surface area contributed by atoms with E-state index in [2.05, 4.69) is 4.18 Å². The summed E-state index contributed by atoms with van der Waals surface area (Å²) in [7, 11) is 0. The molecule has 0 aliphatic heterocycles. The van der Waals surface area contributed by atoms with Crippen LogP contribution in [0.3, 0.4) is 0 Å². The van der Waals surface area contributed by atoms with Crippen molar-refractivity contribution in [3.05, 3.63) is 23.8 Å². The number of carbonyl (C=O) groups excluding carboxylic acids is 1. The van der Waals surface area contributed by atoms with Crippen molar-refractivity contribution in [3.63, 3.8) is 0 Å². The fourth-order valence-corrected chi connectivity index (χ4v) is 2.58. The second-order valence-corrected chi connectivity index (χ2v) is 5.47. The van der Waals surface area contributed by atoms with Crippen molar-refractivity contribution in [2.75, 3.05) is 0 Å². The lowest BCUT2D eigenvalue weighted by molar-refractivity contribution is -0.0369. The second-order valence-electron chi connectivity index (χ2n) is 4.67. The van der Waals surface area contributed by atoms with E-state index >= 15 is 0 Å². The molecule has 1 aliphatic carbocycles. The van der Waals surface area contributed by atoms with Crippen LogP contribution in [-0.2, 0) is 0 Å². The average molecular weight is 306 g/mol. The number of hydrogen-bond donors (Lipinski definition) is 1. The Balaban J connectivity index is 2.13. The van der Waals surface area contributed by atoms with Gasteiger partial charge in [0.1, 0.15) is 11.5 Å². The highest BCUT2D eigenvalue weighted by Crippen LogP contribution is 2.35. The lowest BCUT2D eigenvalue weighted by atomic mass is 9.96. The van der Waals surface area contributed by atoms with Crippen LogP contribution in [0.1, 0.15) is 36.0 Å². The quantitative estimate of drug-likeness (QED) is 0.665. The Morgan fingerprint density at radius 2 is 1.90 bits per heavy atom. The number of benzene rings is 1. The highest BCUT2D eigenvalue weighted by molar-refractivity contribution is 7.95. The zero-order valence-electron chi connectivity index (χ0n) is 10.4. The maximum atomic E-state index is 12.2. The molecule has 1 N–H and O–H groups in total. The summed E-state index contributed by atoms with van der Waals surface area (Å²) in [6.07, 6.45) is 3.51. The number of alkyl halides is 3. The number of ketones is 1. The third-order valence-electron chi connectivity index (χ3n) is 3.13. The number of phenols is 1. The first kappa shape index (κ1) is 15.0. The van der Waals surface area contributed by atoms with E-state index < -0.39 is 17.6 Å². The molecule has 0 unspecified atom stereocenters. The fourth-order valence-electron chi connectivity index (χ4n) is 2.29. The van der Waals surface area contributed by atoms with Crippen molar-refractivity contribution in [2.24, 2.45) is 5.92 Å². The Morgan fingerprint density at radius 3 is 2.50 bits per heavy atom. The predicted octanol–water partition coefficient (Wildman–Crippen LogP) is 4.31. The summed E-state index contributed by atoms with van der Waals surface area (Å²) in [6, 6.07) is 3.54. The molecule has 0 spiro atoms. The van der Waals surface area contributed by atoms with Gasteiger partial charge in [-0.05, 0) is 25.0 Å². The first-order valence-electron chi connectivity index (χ1n) is 6.16. The Morgan fingerprint density at radius 1 is 1.25 bits per heavy atom. The van der Waals surface area contributed by atoms with Crippen molar-refractivity contribution >= 4 is 17.8 Å². The molecule has 3 nitrogen and oxygen atoms in total. The molecule has 1 aromatic carbocycles. The van der Waals surface area contributed by atoms with Gasteiger partial charge >= 0.3 is 5.51 Å². The largest absolute Gasteiger partial charge is 0.508 e. The minimum absolute atomic E-state index is 0.111. The monoisotopic (exact) mass is 306 g/mol. The molecule has 20 heavy (non-hydrogen) atoms. The van der Waals surface area contributed by atoms with Crippen LogP contribution >= 0.6 is 12.0 Å². The first-order valence-corrected chi connectivity index (χ1v) is 6.90. The maximum Gasteiger partial charge on any atom is 0.479 e. The highest BCUT2D eigenvalue weighted by Gasteiger charge is 2.32. The van der Waals surface area contributed by atoms with Crippen molar-refractivity contribution < 1.29 is 27.3 Å². The van der Waals surface area contributed by atoms with E-state index in [0.717, 1.165) is 31.7 Å². The van der Waals surface area contributed by atoms with Crippen LogP contribution in [0.15, 0.2) is 18.2 Å². The van der Waals surface area contributed by atoms with E-state index in [1.807, 2.05) is 0 Å². The number of halogens is 3. The van der Waals surface area contributed by atoms with Gasteiger partial charge in [-0.1, -0.05) is 12.8 Å². The van der Waals surface area contributed by atoms with Gasteiger partial charge in [0, 0.05) is 17.5 Å². The SMILES string of the molecule is O=C(c1cc(O)cc(OSC(F)(F)F)c1)C1CCCC1. The van der Waals surface area contributed by atoms with Gasteiger partial charge in [0.2, 0.25) is 0 Å². The van der Waals surface area contributed by atoms with E-state index in [1.54, 1.807) is 0 Å². The zero-order chi connectivity index (χ0) is 14.8. The predicted molar refractivity (Wildman–Crippen MR) is 68.7 cm³/mol. The molecule has 0 bridgehead atoms. The van der Waals surface area contributed by atoms with E-state index in [1.165, 1.54) is 12.1 Å². The molecular weight excluding hydrogens is 293 g/mol. The van der Waals surface area contributed by atoms with Crippen LogP contribution in [0.2, 0.25) is 0 Å². The summed E-state index contributed by atoms with van der Waals surface area (Å²) in [5.74, 6) is -0.736. The van der Waals surface area contributed by atoms with Gasteiger partial charge in [-0.25, -0.2) is 0 Å². The second kappa shape index (κ2) is 5.95. The summed E-state index contributed by atoms with van der Waals surface area (Å²) >= 11 is -0.674. The third kappa shape index (κ3) is 4.06. The van der Waals surface area contributed by atoms with Crippen LogP contribution in [0.25, 0.3) is 0 Å². The summed E-state index contributed by atoms with van der Waals surface area (Å²) in [5.41, 5.74) is -4.35. The Hall–Kier alpha value is -1.37. The molecule has 0 amide bonds. The maximum absolute atomic E-state index is 12.2. The molecule has 7 heteroatoms. The summed E-state index contributed by atoms with van der Waals surface area (Å²) < 4.78 is 40.6. The van der Waals surface area contributed by atoms with Gasteiger partial charge in [0.15, 0.2) is 17.8 Å². The molecule has 0 saturated heterocycles. The van der Waals surface area contributed by atoms with Gasteiger partial charge in [-0.3, -0.25) is 4.79 Å². The van der Waals surface area contributed by atoms with Crippen molar-refractivity contribution in [1.82, 2.24) is 0 Å². The van der Waals surface area contributed by atoms with E-state index in [0.29, 0.717) is 0 Å². The van der Waals surface area contributed by atoms with Crippen LogP contribution in [0.5, 0.6) is 11.5 Å². The Bertz CT molecular complexity index is 496. The molecule has 1 saturated carbocycles. The number of rotatable bonds is 4. The van der Waals surface area contributed by atoms with Gasteiger partial charge in [-0.2, -0.15) is 13.2 Å². The van der Waals surface area contributed by atoms with Crippen LogP contribution in [0, 0.1) is 5.92 Å². The lowest BCUT2D eigenvalue weighted by Crippen LogP contribution is -2.11. The molecule has 0 radical (unpaired) electrons. The molecule has 1 aromatic rings. The topological polar surface area (TPSA) is 46.5 Å². The van der Waals surface area contributed by atoms with Crippen LogP contribution < -0.4 is 4.18 Å². The van der Waals surface area contributed by atoms with E-state index in [4.69, 9.17) is 0 Å². The molecular formula is C13H13F3O3S. The molecule has 0 heterocycles. The minimum Gasteiger partial charge on any atom is -0.508 e. The number of aromatic hydroxyl groups is 1. The van der Waals surface area contributed by atoms with Gasteiger partial charge in [-0.15, -0.1) is 0 Å². The normalized spacial score (nSPS) is 16.4. The van der Waals surface area contributed by atoms with Crippen molar-refractivity contribution in [3.8, 4) is 11.5 Å². The third-order valence-corrected chi connectivity index (χ3v) is 3.60.